The minimum atomic E-state index is 0.312. The molecule has 0 spiro atoms. The molecule has 0 radical (unpaired) electrons. The van der Waals surface area contributed by atoms with E-state index in [1.54, 1.807) is 0 Å². The summed E-state index contributed by atoms with van der Waals surface area (Å²) in [5.41, 5.74) is 6.22. The Morgan fingerprint density at radius 3 is 2.30 bits per heavy atom. The second-order valence-corrected chi connectivity index (χ2v) is 7.19. The maximum Gasteiger partial charge on any atom is 0.0624 e. The van der Waals surface area contributed by atoms with Gasteiger partial charge in [-0.15, -0.1) is 0 Å². The highest BCUT2D eigenvalue weighted by atomic mass is 15.3. The highest BCUT2D eigenvalue weighted by Crippen LogP contribution is 2.69. The van der Waals surface area contributed by atoms with E-state index < -0.39 is 0 Å². The van der Waals surface area contributed by atoms with Crippen LogP contribution < -0.4 is 11.3 Å². The summed E-state index contributed by atoms with van der Waals surface area (Å²) in [4.78, 5) is 0. The average molecular weight is 278 g/mol. The van der Waals surface area contributed by atoms with Crippen LogP contribution in [0.1, 0.15) is 52.9 Å². The summed E-state index contributed by atoms with van der Waals surface area (Å²) in [6.45, 7) is 14.6. The summed E-state index contributed by atoms with van der Waals surface area (Å²) in [5, 5.41) is 4.64. The minimum absolute atomic E-state index is 0.312. The molecule has 114 valence electrons. The number of hydrazine groups is 1. The molecule has 4 heteroatoms. The molecule has 1 aromatic heterocycles. The quantitative estimate of drug-likeness (QED) is 0.621. The van der Waals surface area contributed by atoms with E-state index in [1.807, 2.05) is 0 Å². The first-order valence-corrected chi connectivity index (χ1v) is 7.81. The predicted molar refractivity (Wildman–Crippen MR) is 83.1 cm³/mol. The molecule has 4 nitrogen and oxygen atoms in total. The van der Waals surface area contributed by atoms with E-state index in [0.717, 1.165) is 19.4 Å². The van der Waals surface area contributed by atoms with Crippen LogP contribution in [0.5, 0.6) is 0 Å². The van der Waals surface area contributed by atoms with Crippen molar-refractivity contribution in [1.82, 2.24) is 15.2 Å². The Balaban J connectivity index is 2.18. The summed E-state index contributed by atoms with van der Waals surface area (Å²) in [6.07, 6.45) is 1.94. The number of hydrogen-bond donors (Lipinski definition) is 2. The van der Waals surface area contributed by atoms with Crippen molar-refractivity contribution in [3.63, 3.8) is 0 Å². The monoisotopic (exact) mass is 278 g/mol. The zero-order chi connectivity index (χ0) is 15.1. The van der Waals surface area contributed by atoms with E-state index in [0.29, 0.717) is 22.8 Å². The molecular weight excluding hydrogens is 248 g/mol. The van der Waals surface area contributed by atoms with E-state index in [-0.39, 0.29) is 0 Å². The highest BCUT2D eigenvalue weighted by molar-refractivity contribution is 5.19. The molecule has 0 aliphatic heterocycles. The topological polar surface area (TPSA) is 55.9 Å². The molecule has 1 aromatic rings. The summed E-state index contributed by atoms with van der Waals surface area (Å²) in [7, 11) is 0. The van der Waals surface area contributed by atoms with Crippen molar-refractivity contribution in [2.24, 2.45) is 22.6 Å². The first-order valence-electron chi connectivity index (χ1n) is 7.81. The van der Waals surface area contributed by atoms with Gasteiger partial charge in [-0.3, -0.25) is 16.0 Å². The predicted octanol–water partition coefficient (Wildman–Crippen LogP) is 2.52. The first-order chi connectivity index (χ1) is 9.29. The average Bonchev–Trinajstić information content (AvgIpc) is 2.72. The summed E-state index contributed by atoms with van der Waals surface area (Å²) in [5.74, 6) is 6.46. The fourth-order valence-corrected chi connectivity index (χ4v) is 3.88. The molecule has 1 aliphatic rings. The van der Waals surface area contributed by atoms with Crippen molar-refractivity contribution in [3.05, 3.63) is 17.5 Å². The third-order valence-electron chi connectivity index (χ3n) is 5.75. The fraction of sp³-hybridized carbons (Fsp3) is 0.812. The molecule has 1 saturated carbocycles. The van der Waals surface area contributed by atoms with Crippen molar-refractivity contribution in [1.29, 1.82) is 0 Å². The van der Waals surface area contributed by atoms with Crippen molar-refractivity contribution in [2.75, 3.05) is 0 Å². The van der Waals surface area contributed by atoms with Gasteiger partial charge in [0.25, 0.3) is 0 Å². The second-order valence-electron chi connectivity index (χ2n) is 7.19. The van der Waals surface area contributed by atoms with E-state index in [4.69, 9.17) is 5.84 Å². The Hall–Kier alpha value is -0.870. The Morgan fingerprint density at radius 2 is 1.90 bits per heavy atom. The van der Waals surface area contributed by atoms with Gasteiger partial charge in [-0.1, -0.05) is 34.6 Å². The lowest BCUT2D eigenvalue weighted by atomic mass is 10.00. The number of rotatable bonds is 6. The number of aryl methyl sites for hydroxylation is 2. The lowest BCUT2D eigenvalue weighted by Crippen LogP contribution is -2.40. The largest absolute Gasteiger partial charge is 0.271 e. The van der Waals surface area contributed by atoms with Crippen LogP contribution in [-0.2, 0) is 19.4 Å². The van der Waals surface area contributed by atoms with Crippen molar-refractivity contribution in [3.8, 4) is 0 Å². The number of hydrogen-bond acceptors (Lipinski definition) is 3. The fourth-order valence-electron chi connectivity index (χ4n) is 3.88. The molecule has 0 amide bonds. The first kappa shape index (κ1) is 15.5. The molecule has 0 aromatic carbocycles. The summed E-state index contributed by atoms with van der Waals surface area (Å²) in [6, 6.07) is 2.54. The zero-order valence-electron chi connectivity index (χ0n) is 13.8. The molecule has 20 heavy (non-hydrogen) atoms. The van der Waals surface area contributed by atoms with E-state index in [1.165, 1.54) is 11.4 Å². The Bertz CT molecular complexity index is 459. The SMILES string of the molecule is CCc1cc(CC(NN)C2C(C)(C)C2(C)C)n(CC)n1. The lowest BCUT2D eigenvalue weighted by molar-refractivity contribution is 0.392. The Kier molecular flexibility index (Phi) is 4.00. The molecule has 2 rings (SSSR count). The second kappa shape index (κ2) is 5.15. The molecular formula is C16H30N4. The van der Waals surface area contributed by atoms with Crippen LogP contribution in [0, 0.1) is 16.7 Å². The van der Waals surface area contributed by atoms with Gasteiger partial charge in [0.2, 0.25) is 0 Å². The van der Waals surface area contributed by atoms with Crippen molar-refractivity contribution in [2.45, 2.75) is 67.0 Å². The number of aromatic nitrogens is 2. The van der Waals surface area contributed by atoms with Gasteiger partial charge in [-0.05, 0) is 36.2 Å². The molecule has 1 atom stereocenters. The lowest BCUT2D eigenvalue weighted by Gasteiger charge is -2.18. The minimum Gasteiger partial charge on any atom is -0.271 e. The molecule has 3 N–H and O–H groups in total. The molecule has 0 bridgehead atoms. The maximum absolute atomic E-state index is 5.85. The van der Waals surface area contributed by atoms with Crippen LogP contribution in [-0.4, -0.2) is 15.8 Å². The molecule has 1 unspecified atom stereocenters. The van der Waals surface area contributed by atoms with Gasteiger partial charge >= 0.3 is 0 Å². The van der Waals surface area contributed by atoms with Gasteiger partial charge in [-0.25, -0.2) is 0 Å². The van der Waals surface area contributed by atoms with Crippen molar-refractivity contribution >= 4 is 0 Å². The maximum atomic E-state index is 5.85. The van der Waals surface area contributed by atoms with Crippen molar-refractivity contribution < 1.29 is 0 Å². The van der Waals surface area contributed by atoms with Gasteiger partial charge in [0.05, 0.1) is 5.69 Å². The zero-order valence-corrected chi connectivity index (χ0v) is 13.8. The van der Waals surface area contributed by atoms with E-state index >= 15 is 0 Å². The van der Waals surface area contributed by atoms with Crippen LogP contribution in [0.15, 0.2) is 6.07 Å². The Labute approximate surface area is 123 Å². The third kappa shape index (κ3) is 2.29. The molecule has 0 saturated heterocycles. The number of nitrogens with zero attached hydrogens (tertiary/aromatic N) is 2. The van der Waals surface area contributed by atoms with Gasteiger partial charge in [0, 0.05) is 24.7 Å². The smallest absolute Gasteiger partial charge is 0.0624 e. The van der Waals surface area contributed by atoms with Gasteiger partial charge in [0.15, 0.2) is 0 Å². The number of nitrogens with one attached hydrogen (secondary N) is 1. The van der Waals surface area contributed by atoms with Crippen LogP contribution >= 0.6 is 0 Å². The van der Waals surface area contributed by atoms with Crippen LogP contribution in [0.3, 0.4) is 0 Å². The van der Waals surface area contributed by atoms with E-state index in [9.17, 15) is 0 Å². The Morgan fingerprint density at radius 1 is 1.30 bits per heavy atom. The van der Waals surface area contributed by atoms with Crippen LogP contribution in [0.2, 0.25) is 0 Å². The van der Waals surface area contributed by atoms with Gasteiger partial charge in [-0.2, -0.15) is 5.10 Å². The highest BCUT2D eigenvalue weighted by Gasteiger charge is 2.66. The van der Waals surface area contributed by atoms with E-state index in [2.05, 4.69) is 62.8 Å². The molecule has 1 heterocycles. The van der Waals surface area contributed by atoms with Crippen LogP contribution in [0.25, 0.3) is 0 Å². The van der Waals surface area contributed by atoms with Gasteiger partial charge in [0.1, 0.15) is 0 Å². The normalized spacial score (nSPS) is 21.9. The molecule has 1 aliphatic carbocycles. The summed E-state index contributed by atoms with van der Waals surface area (Å²) < 4.78 is 2.12. The van der Waals surface area contributed by atoms with Gasteiger partial charge < -0.3 is 0 Å². The summed E-state index contributed by atoms with van der Waals surface area (Å²) >= 11 is 0. The third-order valence-corrected chi connectivity index (χ3v) is 5.75. The molecule has 1 fully saturated rings. The van der Waals surface area contributed by atoms with Crippen LogP contribution in [0.4, 0.5) is 0 Å². The number of nitrogens with two attached hydrogens (primary N) is 1. The standard InChI is InChI=1S/C16H30N4/c1-7-11-9-12(20(8-2)19-11)10-13(18-17)14-15(3,4)16(14,5)6/h9,13-14,18H,7-8,10,17H2,1-6H3.